The van der Waals surface area contributed by atoms with E-state index in [-0.39, 0.29) is 12.0 Å². The Labute approximate surface area is 168 Å². The highest BCUT2D eigenvalue weighted by Crippen LogP contribution is 2.26. The van der Waals surface area contributed by atoms with Gasteiger partial charge in [-0.2, -0.15) is 0 Å². The summed E-state index contributed by atoms with van der Waals surface area (Å²) in [5.74, 6) is 1.09. The van der Waals surface area contributed by atoms with Crippen LogP contribution in [0.3, 0.4) is 0 Å². The third-order valence-electron chi connectivity index (χ3n) is 5.09. The Hall–Kier alpha value is -2.40. The number of nitrogens with one attached hydrogen (secondary N) is 1. The van der Waals surface area contributed by atoms with E-state index in [0.717, 1.165) is 50.3 Å². The van der Waals surface area contributed by atoms with Crippen molar-refractivity contribution in [3.63, 3.8) is 0 Å². The first kappa shape index (κ1) is 20.3. The number of amides is 1. The summed E-state index contributed by atoms with van der Waals surface area (Å²) in [4.78, 5) is 18.9. The van der Waals surface area contributed by atoms with E-state index in [4.69, 9.17) is 4.74 Å². The molecule has 1 aromatic heterocycles. The van der Waals surface area contributed by atoms with E-state index in [2.05, 4.69) is 40.3 Å². The molecule has 0 saturated heterocycles. The van der Waals surface area contributed by atoms with Crippen LogP contribution in [0.5, 0.6) is 5.75 Å². The van der Waals surface area contributed by atoms with E-state index in [1.54, 1.807) is 6.20 Å². The van der Waals surface area contributed by atoms with Crippen LogP contribution in [0.2, 0.25) is 0 Å². The van der Waals surface area contributed by atoms with Crippen molar-refractivity contribution < 1.29 is 9.53 Å². The Balaban J connectivity index is 1.48. The average Bonchev–Trinajstić information content (AvgIpc) is 2.90. The molecule has 1 aliphatic heterocycles. The van der Waals surface area contributed by atoms with Crippen molar-refractivity contribution in [2.75, 3.05) is 19.6 Å². The maximum Gasteiger partial charge on any atom is 0.221 e. The number of hydrogen-bond acceptors (Lipinski definition) is 4. The monoisotopic (exact) mass is 381 g/mol. The Morgan fingerprint density at radius 2 is 2.11 bits per heavy atom. The first-order valence-electron chi connectivity index (χ1n) is 10.4. The number of fused-ring (bicyclic) bond motifs is 1. The summed E-state index contributed by atoms with van der Waals surface area (Å²) >= 11 is 0. The maximum absolute atomic E-state index is 12.3. The largest absolute Gasteiger partial charge is 0.489 e. The molecule has 1 aromatic carbocycles. The summed E-state index contributed by atoms with van der Waals surface area (Å²) in [5.41, 5.74) is 2.21. The number of carbonyl (C=O) groups is 1. The van der Waals surface area contributed by atoms with Crippen molar-refractivity contribution in [2.45, 2.75) is 51.7 Å². The fourth-order valence-corrected chi connectivity index (χ4v) is 3.54. The number of nitrogens with zero attached hydrogens (tertiary/aromatic N) is 2. The molecule has 5 heteroatoms. The molecule has 1 amide bonds. The van der Waals surface area contributed by atoms with E-state index in [9.17, 15) is 4.79 Å². The molecular weight excluding hydrogens is 350 g/mol. The fourth-order valence-electron chi connectivity index (χ4n) is 3.54. The topological polar surface area (TPSA) is 54.5 Å². The maximum atomic E-state index is 12.3. The van der Waals surface area contributed by atoms with Crippen molar-refractivity contribution in [3.05, 3.63) is 59.9 Å². The molecule has 2 aromatic rings. The summed E-state index contributed by atoms with van der Waals surface area (Å²) in [5, 5.41) is 3.01. The molecule has 1 N–H and O–H groups in total. The highest BCUT2D eigenvalue weighted by Gasteiger charge is 2.22. The standard InChI is InChI=1S/C23H31N3O2/c1-2-3-10-21-18-26(17-19-8-4-5-11-22(19)28-21)16-13-23(27)25-15-12-20-9-6-7-14-24-20/h4-9,11,14,21H,2-3,10,12-13,15-18H2,1H3,(H,25,27)/t21-/m1/s1. The molecule has 0 saturated carbocycles. The van der Waals surface area contributed by atoms with Gasteiger partial charge in [0.2, 0.25) is 5.91 Å². The Bertz CT molecular complexity index is 736. The molecule has 0 spiro atoms. The Morgan fingerprint density at radius 1 is 1.25 bits per heavy atom. The van der Waals surface area contributed by atoms with Crippen LogP contribution in [-0.4, -0.2) is 41.5 Å². The highest BCUT2D eigenvalue weighted by molar-refractivity contribution is 5.76. The molecule has 28 heavy (non-hydrogen) atoms. The second-order valence-electron chi connectivity index (χ2n) is 7.40. The van der Waals surface area contributed by atoms with Gasteiger partial charge in [0.25, 0.3) is 0 Å². The average molecular weight is 382 g/mol. The molecular formula is C23H31N3O2. The van der Waals surface area contributed by atoms with Gasteiger partial charge in [0, 0.05) is 56.5 Å². The molecule has 1 aliphatic rings. The van der Waals surface area contributed by atoms with Crippen LogP contribution >= 0.6 is 0 Å². The van der Waals surface area contributed by atoms with Crippen LogP contribution < -0.4 is 10.1 Å². The number of para-hydroxylation sites is 1. The lowest BCUT2D eigenvalue weighted by molar-refractivity contribution is -0.121. The van der Waals surface area contributed by atoms with E-state index < -0.39 is 0 Å². The quantitative estimate of drug-likeness (QED) is 0.721. The van der Waals surface area contributed by atoms with Crippen molar-refractivity contribution in [1.82, 2.24) is 15.2 Å². The van der Waals surface area contributed by atoms with Gasteiger partial charge in [-0.15, -0.1) is 0 Å². The second kappa shape index (κ2) is 10.8. The molecule has 0 radical (unpaired) electrons. The summed E-state index contributed by atoms with van der Waals surface area (Å²) in [6, 6.07) is 14.1. The summed E-state index contributed by atoms with van der Waals surface area (Å²) < 4.78 is 6.26. The number of hydrogen-bond donors (Lipinski definition) is 1. The predicted molar refractivity (Wildman–Crippen MR) is 111 cm³/mol. The summed E-state index contributed by atoms with van der Waals surface area (Å²) in [7, 11) is 0. The third kappa shape index (κ3) is 6.34. The minimum absolute atomic E-state index is 0.0967. The van der Waals surface area contributed by atoms with Crippen LogP contribution in [0.15, 0.2) is 48.7 Å². The molecule has 5 nitrogen and oxygen atoms in total. The number of benzene rings is 1. The third-order valence-corrected chi connectivity index (χ3v) is 5.09. The number of unbranched alkanes of at least 4 members (excludes halogenated alkanes) is 1. The second-order valence-corrected chi connectivity index (χ2v) is 7.40. The lowest BCUT2D eigenvalue weighted by atomic mass is 10.1. The smallest absolute Gasteiger partial charge is 0.221 e. The number of carbonyl (C=O) groups excluding carboxylic acids is 1. The van der Waals surface area contributed by atoms with Gasteiger partial charge in [-0.3, -0.25) is 14.7 Å². The van der Waals surface area contributed by atoms with Gasteiger partial charge in [-0.05, 0) is 31.0 Å². The first-order valence-corrected chi connectivity index (χ1v) is 10.4. The van der Waals surface area contributed by atoms with E-state index in [0.29, 0.717) is 13.0 Å². The minimum atomic E-state index is 0.0967. The summed E-state index contributed by atoms with van der Waals surface area (Å²) in [6.07, 6.45) is 6.62. The van der Waals surface area contributed by atoms with Crippen LogP contribution in [0.1, 0.15) is 43.9 Å². The zero-order chi connectivity index (χ0) is 19.6. The van der Waals surface area contributed by atoms with Crippen LogP contribution in [0, 0.1) is 0 Å². The van der Waals surface area contributed by atoms with Gasteiger partial charge in [0.1, 0.15) is 11.9 Å². The van der Waals surface area contributed by atoms with Gasteiger partial charge in [-0.25, -0.2) is 0 Å². The van der Waals surface area contributed by atoms with Crippen molar-refractivity contribution in [2.24, 2.45) is 0 Å². The predicted octanol–water partition coefficient (Wildman–Crippen LogP) is 3.58. The van der Waals surface area contributed by atoms with Crippen LogP contribution in [-0.2, 0) is 17.8 Å². The van der Waals surface area contributed by atoms with E-state index in [1.807, 2.05) is 24.3 Å². The van der Waals surface area contributed by atoms with E-state index >= 15 is 0 Å². The Kier molecular flexibility index (Phi) is 7.85. The zero-order valence-electron chi connectivity index (χ0n) is 16.8. The number of rotatable bonds is 9. The van der Waals surface area contributed by atoms with Gasteiger partial charge in [-0.1, -0.05) is 37.6 Å². The summed E-state index contributed by atoms with van der Waals surface area (Å²) in [6.45, 7) is 5.28. The fraction of sp³-hybridized carbons (Fsp3) is 0.478. The Morgan fingerprint density at radius 3 is 2.93 bits per heavy atom. The lowest BCUT2D eigenvalue weighted by Gasteiger charge is -2.23. The molecule has 150 valence electrons. The highest BCUT2D eigenvalue weighted by atomic mass is 16.5. The molecule has 2 heterocycles. The van der Waals surface area contributed by atoms with Crippen molar-refractivity contribution in [1.29, 1.82) is 0 Å². The van der Waals surface area contributed by atoms with Gasteiger partial charge >= 0.3 is 0 Å². The molecule has 0 aliphatic carbocycles. The zero-order valence-corrected chi connectivity index (χ0v) is 16.8. The number of ether oxygens (including phenoxy) is 1. The van der Waals surface area contributed by atoms with Crippen molar-refractivity contribution >= 4 is 5.91 Å². The molecule has 0 unspecified atom stereocenters. The lowest BCUT2D eigenvalue weighted by Crippen LogP contribution is -2.36. The first-order chi connectivity index (χ1) is 13.7. The van der Waals surface area contributed by atoms with Crippen molar-refractivity contribution in [3.8, 4) is 5.75 Å². The normalized spacial score (nSPS) is 16.7. The molecule has 3 rings (SSSR count). The number of aromatic nitrogens is 1. The van der Waals surface area contributed by atoms with Crippen LogP contribution in [0.4, 0.5) is 0 Å². The van der Waals surface area contributed by atoms with Crippen LogP contribution in [0.25, 0.3) is 0 Å². The SMILES string of the molecule is CCCC[C@@H]1CN(CCC(=O)NCCc2ccccn2)Cc2ccccc2O1. The molecule has 1 atom stereocenters. The molecule has 0 fully saturated rings. The number of pyridine rings is 1. The van der Waals surface area contributed by atoms with Gasteiger partial charge in [0.15, 0.2) is 0 Å². The molecule has 0 bridgehead atoms. The van der Waals surface area contributed by atoms with Gasteiger partial charge < -0.3 is 10.1 Å². The van der Waals surface area contributed by atoms with E-state index in [1.165, 1.54) is 12.0 Å². The minimum Gasteiger partial charge on any atom is -0.489 e. The van der Waals surface area contributed by atoms with Gasteiger partial charge in [0.05, 0.1) is 0 Å².